The van der Waals surface area contributed by atoms with Crippen LogP contribution in [-0.4, -0.2) is 16.7 Å². The monoisotopic (exact) mass is 291 g/mol. The van der Waals surface area contributed by atoms with Crippen LogP contribution in [0.3, 0.4) is 0 Å². The number of ether oxygens (including phenoxy) is 1. The summed E-state index contributed by atoms with van der Waals surface area (Å²) in [7, 11) is 1.47. The Hall–Kier alpha value is -2.27. The van der Waals surface area contributed by atoms with E-state index in [9.17, 15) is 4.39 Å². The number of hydrogen-bond acceptors (Lipinski definition) is 3. The molecule has 1 heterocycles. The molecule has 4 nitrogen and oxygen atoms in total. The highest BCUT2D eigenvalue weighted by Crippen LogP contribution is 2.31. The van der Waals surface area contributed by atoms with Gasteiger partial charge in [-0.3, -0.25) is 4.57 Å². The Kier molecular flexibility index (Phi) is 2.99. The van der Waals surface area contributed by atoms with E-state index in [2.05, 4.69) is 4.98 Å². The van der Waals surface area contributed by atoms with Crippen LogP contribution in [0.4, 0.5) is 10.3 Å². The largest absolute Gasteiger partial charge is 0.494 e. The lowest BCUT2D eigenvalue weighted by Crippen LogP contribution is -2.03. The number of halogens is 2. The third-order valence-corrected chi connectivity index (χ3v) is 3.26. The standard InChI is InChI=1S/C14H11ClFN3O/c1-20-13-7-9(16)3-5-11(13)19-12-6-8(15)2-4-10(12)18-14(19)17/h2-7H,1H3,(H2,17,18). The summed E-state index contributed by atoms with van der Waals surface area (Å²) in [6.45, 7) is 0. The van der Waals surface area contributed by atoms with Crippen molar-refractivity contribution < 1.29 is 9.13 Å². The molecule has 6 heteroatoms. The molecule has 2 aromatic carbocycles. The zero-order valence-corrected chi connectivity index (χ0v) is 11.4. The topological polar surface area (TPSA) is 53.1 Å². The first-order valence-electron chi connectivity index (χ1n) is 5.87. The molecule has 0 fully saturated rings. The van der Waals surface area contributed by atoms with Crippen molar-refractivity contribution in [1.29, 1.82) is 0 Å². The first-order chi connectivity index (χ1) is 9.60. The van der Waals surface area contributed by atoms with Gasteiger partial charge < -0.3 is 10.5 Å². The summed E-state index contributed by atoms with van der Waals surface area (Å²) in [5, 5.41) is 0.569. The summed E-state index contributed by atoms with van der Waals surface area (Å²) in [4.78, 5) is 4.26. The predicted octanol–water partition coefficient (Wildman–Crippen LogP) is 3.41. The molecule has 0 aliphatic rings. The Morgan fingerprint density at radius 2 is 2.05 bits per heavy atom. The van der Waals surface area contributed by atoms with Crippen LogP contribution in [-0.2, 0) is 0 Å². The number of nitrogen functional groups attached to an aromatic ring is 1. The van der Waals surface area contributed by atoms with Crippen molar-refractivity contribution in [1.82, 2.24) is 9.55 Å². The lowest BCUT2D eigenvalue weighted by atomic mass is 10.2. The second-order valence-corrected chi connectivity index (χ2v) is 4.69. The van der Waals surface area contributed by atoms with Crippen molar-refractivity contribution >= 4 is 28.6 Å². The van der Waals surface area contributed by atoms with Crippen LogP contribution in [0.5, 0.6) is 5.75 Å². The van der Waals surface area contributed by atoms with Gasteiger partial charge in [-0.2, -0.15) is 0 Å². The van der Waals surface area contributed by atoms with Crippen molar-refractivity contribution in [3.63, 3.8) is 0 Å². The van der Waals surface area contributed by atoms with Gasteiger partial charge in [-0.1, -0.05) is 11.6 Å². The number of nitrogens with zero attached hydrogens (tertiary/aromatic N) is 2. The van der Waals surface area contributed by atoms with E-state index >= 15 is 0 Å². The molecule has 0 aliphatic heterocycles. The first-order valence-corrected chi connectivity index (χ1v) is 6.25. The molecule has 2 N–H and O–H groups in total. The van der Waals surface area contributed by atoms with Gasteiger partial charge in [-0.25, -0.2) is 9.37 Å². The Morgan fingerprint density at radius 3 is 2.80 bits per heavy atom. The van der Waals surface area contributed by atoms with Crippen LogP contribution >= 0.6 is 11.6 Å². The minimum Gasteiger partial charge on any atom is -0.494 e. The van der Waals surface area contributed by atoms with Gasteiger partial charge in [0.1, 0.15) is 11.6 Å². The Morgan fingerprint density at radius 1 is 1.25 bits per heavy atom. The summed E-state index contributed by atoms with van der Waals surface area (Å²) in [5.41, 5.74) is 8.01. The summed E-state index contributed by atoms with van der Waals surface area (Å²) >= 11 is 6.01. The van der Waals surface area contributed by atoms with Gasteiger partial charge in [0.05, 0.1) is 23.8 Å². The molecule has 20 heavy (non-hydrogen) atoms. The number of imidazole rings is 1. The van der Waals surface area contributed by atoms with Gasteiger partial charge in [0.25, 0.3) is 0 Å². The highest BCUT2D eigenvalue weighted by molar-refractivity contribution is 6.31. The maximum Gasteiger partial charge on any atom is 0.206 e. The quantitative estimate of drug-likeness (QED) is 0.787. The molecule has 0 spiro atoms. The molecule has 0 amide bonds. The maximum atomic E-state index is 13.3. The lowest BCUT2D eigenvalue weighted by molar-refractivity contribution is 0.410. The predicted molar refractivity (Wildman–Crippen MR) is 77.0 cm³/mol. The van der Waals surface area contributed by atoms with E-state index in [1.807, 2.05) is 0 Å². The number of methoxy groups -OCH3 is 1. The zero-order chi connectivity index (χ0) is 14.3. The van der Waals surface area contributed by atoms with E-state index in [0.29, 0.717) is 22.0 Å². The van der Waals surface area contributed by atoms with Crippen LogP contribution in [0.1, 0.15) is 0 Å². The number of hydrogen-bond donors (Lipinski definition) is 1. The van der Waals surface area contributed by atoms with E-state index in [1.165, 1.54) is 19.2 Å². The van der Waals surface area contributed by atoms with Gasteiger partial charge in [0.2, 0.25) is 5.95 Å². The molecule has 3 rings (SSSR count). The lowest BCUT2D eigenvalue weighted by Gasteiger charge is -2.11. The van der Waals surface area contributed by atoms with Crippen molar-refractivity contribution in [3.05, 3.63) is 47.2 Å². The number of benzene rings is 2. The minimum atomic E-state index is -0.383. The van der Waals surface area contributed by atoms with Gasteiger partial charge in [-0.15, -0.1) is 0 Å². The summed E-state index contributed by atoms with van der Waals surface area (Å²) in [6.07, 6.45) is 0. The second-order valence-electron chi connectivity index (χ2n) is 4.25. The molecular formula is C14H11ClFN3O. The van der Waals surface area contributed by atoms with E-state index in [4.69, 9.17) is 22.1 Å². The van der Waals surface area contributed by atoms with Gasteiger partial charge in [-0.05, 0) is 30.3 Å². The van der Waals surface area contributed by atoms with E-state index in [1.54, 1.807) is 28.8 Å². The number of nitrogens with two attached hydrogens (primary N) is 1. The van der Waals surface area contributed by atoms with Gasteiger partial charge >= 0.3 is 0 Å². The number of fused-ring (bicyclic) bond motifs is 1. The highest BCUT2D eigenvalue weighted by Gasteiger charge is 2.14. The Bertz CT molecular complexity index is 800. The molecule has 0 atom stereocenters. The highest BCUT2D eigenvalue weighted by atomic mass is 35.5. The Balaban J connectivity index is 2.34. The molecular weight excluding hydrogens is 281 g/mol. The third-order valence-electron chi connectivity index (χ3n) is 3.03. The summed E-state index contributed by atoms with van der Waals surface area (Å²) in [6, 6.07) is 9.50. The summed E-state index contributed by atoms with van der Waals surface area (Å²) in [5.74, 6) is 0.273. The number of anilines is 1. The number of aromatic nitrogens is 2. The molecule has 3 aromatic rings. The Labute approximate surface area is 119 Å². The van der Waals surface area contributed by atoms with E-state index < -0.39 is 0 Å². The van der Waals surface area contributed by atoms with Gasteiger partial charge in [0.15, 0.2) is 0 Å². The van der Waals surface area contributed by atoms with Crippen LogP contribution in [0.15, 0.2) is 36.4 Å². The number of rotatable bonds is 2. The van der Waals surface area contributed by atoms with Crippen LogP contribution < -0.4 is 10.5 Å². The summed E-state index contributed by atoms with van der Waals surface area (Å²) < 4.78 is 20.2. The molecule has 102 valence electrons. The van der Waals surface area contributed by atoms with Crippen molar-refractivity contribution in [2.75, 3.05) is 12.8 Å². The smallest absolute Gasteiger partial charge is 0.206 e. The average molecular weight is 292 g/mol. The fraction of sp³-hybridized carbons (Fsp3) is 0.0714. The molecule has 0 unspecified atom stereocenters. The molecule has 0 saturated heterocycles. The SMILES string of the molecule is COc1cc(F)ccc1-n1c(N)nc2ccc(Cl)cc21. The van der Waals surface area contributed by atoms with E-state index in [0.717, 1.165) is 5.52 Å². The molecule has 0 radical (unpaired) electrons. The van der Waals surface area contributed by atoms with Crippen LogP contribution in [0.2, 0.25) is 5.02 Å². The maximum absolute atomic E-state index is 13.3. The third kappa shape index (κ3) is 1.96. The first kappa shape index (κ1) is 12.7. The second kappa shape index (κ2) is 4.68. The fourth-order valence-electron chi connectivity index (χ4n) is 2.16. The normalized spacial score (nSPS) is 10.9. The van der Waals surface area contributed by atoms with Crippen LogP contribution in [0.25, 0.3) is 16.7 Å². The van der Waals surface area contributed by atoms with Crippen LogP contribution in [0, 0.1) is 5.82 Å². The van der Waals surface area contributed by atoms with Crippen molar-refractivity contribution in [2.45, 2.75) is 0 Å². The minimum absolute atomic E-state index is 0.284. The van der Waals surface area contributed by atoms with E-state index in [-0.39, 0.29) is 11.8 Å². The van der Waals surface area contributed by atoms with Crippen molar-refractivity contribution in [3.8, 4) is 11.4 Å². The molecule has 0 saturated carbocycles. The molecule has 0 aliphatic carbocycles. The zero-order valence-electron chi connectivity index (χ0n) is 10.6. The van der Waals surface area contributed by atoms with Crippen molar-refractivity contribution in [2.24, 2.45) is 0 Å². The fourth-order valence-corrected chi connectivity index (χ4v) is 2.32. The van der Waals surface area contributed by atoms with Gasteiger partial charge in [0, 0.05) is 11.1 Å². The molecule has 0 bridgehead atoms. The average Bonchev–Trinajstić information content (AvgIpc) is 2.74. The molecule has 1 aromatic heterocycles.